The van der Waals surface area contributed by atoms with Gasteiger partial charge in [-0.05, 0) is 61.0 Å². The second kappa shape index (κ2) is 8.35. The molecule has 0 aliphatic heterocycles. The summed E-state index contributed by atoms with van der Waals surface area (Å²) in [5.74, 6) is 0.246. The number of carbonyl (C=O) groups is 1. The Kier molecular flexibility index (Phi) is 5.67. The first-order valence-electron chi connectivity index (χ1n) is 8.73. The molecule has 1 aromatic heterocycles. The highest BCUT2D eigenvalue weighted by Crippen LogP contribution is 2.31. The second-order valence-electron chi connectivity index (χ2n) is 6.33. The summed E-state index contributed by atoms with van der Waals surface area (Å²) >= 11 is 9.23. The van der Waals surface area contributed by atoms with Gasteiger partial charge in [-0.25, -0.2) is 4.98 Å². The summed E-state index contributed by atoms with van der Waals surface area (Å²) in [4.78, 5) is 17.8. The first-order valence-corrected chi connectivity index (χ1v) is 10.9. The molecule has 0 radical (unpaired) electrons. The Morgan fingerprint density at radius 2 is 1.89 bits per heavy atom. The van der Waals surface area contributed by atoms with E-state index in [9.17, 15) is 4.79 Å². The molecule has 0 unspecified atom stereocenters. The van der Waals surface area contributed by atoms with Crippen molar-refractivity contribution in [2.75, 3.05) is 11.1 Å². The highest BCUT2D eigenvalue weighted by atomic mass is 35.5. The SMILES string of the molecule is Cc1ccc2nc(-c3ccc(NC(=O)CSc4ccccc4Cl)cc3)sc2c1. The molecule has 3 aromatic carbocycles. The van der Waals surface area contributed by atoms with Gasteiger partial charge in [-0.3, -0.25) is 4.79 Å². The van der Waals surface area contributed by atoms with Crippen LogP contribution in [-0.4, -0.2) is 16.6 Å². The number of aryl methyl sites for hydroxylation is 1. The molecule has 3 nitrogen and oxygen atoms in total. The minimum atomic E-state index is -0.0619. The van der Waals surface area contributed by atoms with Gasteiger partial charge >= 0.3 is 0 Å². The van der Waals surface area contributed by atoms with Crippen LogP contribution in [0.25, 0.3) is 20.8 Å². The summed E-state index contributed by atoms with van der Waals surface area (Å²) < 4.78 is 1.18. The quantitative estimate of drug-likeness (QED) is 0.364. The van der Waals surface area contributed by atoms with E-state index in [1.165, 1.54) is 22.0 Å². The van der Waals surface area contributed by atoms with Crippen molar-refractivity contribution in [2.45, 2.75) is 11.8 Å². The van der Waals surface area contributed by atoms with Crippen molar-refractivity contribution in [1.82, 2.24) is 4.98 Å². The van der Waals surface area contributed by atoms with Gasteiger partial charge in [0.15, 0.2) is 0 Å². The van der Waals surface area contributed by atoms with Gasteiger partial charge in [0, 0.05) is 16.1 Å². The number of rotatable bonds is 5. The van der Waals surface area contributed by atoms with Gasteiger partial charge in [-0.1, -0.05) is 29.8 Å². The van der Waals surface area contributed by atoms with Crippen LogP contribution in [0.15, 0.2) is 71.6 Å². The second-order valence-corrected chi connectivity index (χ2v) is 8.79. The van der Waals surface area contributed by atoms with Crippen LogP contribution in [0, 0.1) is 6.92 Å². The number of anilines is 1. The standard InChI is InChI=1S/C22H17ClN2OS2/c1-14-6-11-18-20(12-14)28-22(25-18)15-7-9-16(10-8-15)24-21(26)13-27-19-5-3-2-4-17(19)23/h2-12H,13H2,1H3,(H,24,26). The molecule has 0 aliphatic carbocycles. The average Bonchev–Trinajstić information content (AvgIpc) is 3.11. The molecule has 4 aromatic rings. The fraction of sp³-hybridized carbons (Fsp3) is 0.0909. The van der Waals surface area contributed by atoms with Crippen molar-refractivity contribution in [2.24, 2.45) is 0 Å². The van der Waals surface area contributed by atoms with Crippen LogP contribution in [0.5, 0.6) is 0 Å². The third-order valence-electron chi connectivity index (χ3n) is 4.15. The van der Waals surface area contributed by atoms with E-state index >= 15 is 0 Å². The Morgan fingerprint density at radius 1 is 1.11 bits per heavy atom. The van der Waals surface area contributed by atoms with Gasteiger partial charge in [-0.15, -0.1) is 23.1 Å². The van der Waals surface area contributed by atoms with Crippen LogP contribution in [0.4, 0.5) is 5.69 Å². The highest BCUT2D eigenvalue weighted by Gasteiger charge is 2.09. The average molecular weight is 425 g/mol. The Morgan fingerprint density at radius 3 is 2.68 bits per heavy atom. The Bertz CT molecular complexity index is 1140. The lowest BCUT2D eigenvalue weighted by atomic mass is 10.2. The fourth-order valence-corrected chi connectivity index (χ4v) is 4.86. The molecule has 0 bridgehead atoms. The summed E-state index contributed by atoms with van der Waals surface area (Å²) in [6.45, 7) is 2.08. The summed E-state index contributed by atoms with van der Waals surface area (Å²) in [5, 5.41) is 4.57. The molecule has 0 saturated carbocycles. The van der Waals surface area contributed by atoms with E-state index in [1.807, 2.05) is 48.5 Å². The number of thioether (sulfide) groups is 1. The molecule has 4 rings (SSSR count). The lowest BCUT2D eigenvalue weighted by Crippen LogP contribution is -2.13. The summed E-state index contributed by atoms with van der Waals surface area (Å²) in [7, 11) is 0. The lowest BCUT2D eigenvalue weighted by Gasteiger charge is -2.07. The van der Waals surface area contributed by atoms with Crippen molar-refractivity contribution in [1.29, 1.82) is 0 Å². The molecule has 6 heteroatoms. The molecule has 1 heterocycles. The van der Waals surface area contributed by atoms with Crippen LogP contribution in [-0.2, 0) is 4.79 Å². The molecule has 0 saturated heterocycles. The third kappa shape index (κ3) is 4.38. The number of hydrogen-bond donors (Lipinski definition) is 1. The van der Waals surface area contributed by atoms with E-state index in [1.54, 1.807) is 11.3 Å². The summed E-state index contributed by atoms with van der Waals surface area (Å²) in [6.07, 6.45) is 0. The van der Waals surface area contributed by atoms with Gasteiger partial charge in [-0.2, -0.15) is 0 Å². The minimum Gasteiger partial charge on any atom is -0.325 e. The maximum Gasteiger partial charge on any atom is 0.234 e. The van der Waals surface area contributed by atoms with E-state index in [2.05, 4.69) is 30.4 Å². The topological polar surface area (TPSA) is 42.0 Å². The molecular formula is C22H17ClN2OS2. The number of halogens is 1. The van der Waals surface area contributed by atoms with Crippen LogP contribution >= 0.6 is 34.7 Å². The Hall–Kier alpha value is -2.34. The number of amides is 1. The number of hydrogen-bond acceptors (Lipinski definition) is 4. The first-order chi connectivity index (χ1) is 13.6. The van der Waals surface area contributed by atoms with Crippen molar-refractivity contribution in [3.63, 3.8) is 0 Å². The largest absolute Gasteiger partial charge is 0.325 e. The van der Waals surface area contributed by atoms with Crippen molar-refractivity contribution >= 4 is 56.5 Å². The molecule has 0 aliphatic rings. The number of aromatic nitrogens is 1. The maximum absolute atomic E-state index is 12.2. The molecule has 0 atom stereocenters. The molecule has 1 N–H and O–H groups in total. The van der Waals surface area contributed by atoms with Crippen molar-refractivity contribution in [3.05, 3.63) is 77.3 Å². The van der Waals surface area contributed by atoms with Gasteiger partial charge in [0.05, 0.1) is 21.0 Å². The summed E-state index contributed by atoms with van der Waals surface area (Å²) in [5.41, 5.74) is 4.06. The molecule has 140 valence electrons. The molecule has 28 heavy (non-hydrogen) atoms. The van der Waals surface area contributed by atoms with Gasteiger partial charge < -0.3 is 5.32 Å². The maximum atomic E-state index is 12.2. The van der Waals surface area contributed by atoms with Gasteiger partial charge in [0.2, 0.25) is 5.91 Å². The monoisotopic (exact) mass is 424 g/mol. The predicted octanol–water partition coefficient (Wildman–Crippen LogP) is 6.66. The zero-order valence-electron chi connectivity index (χ0n) is 15.1. The predicted molar refractivity (Wildman–Crippen MR) is 121 cm³/mol. The van der Waals surface area contributed by atoms with E-state index < -0.39 is 0 Å². The van der Waals surface area contributed by atoms with Crippen LogP contribution < -0.4 is 5.32 Å². The smallest absolute Gasteiger partial charge is 0.234 e. The number of benzene rings is 3. The number of carbonyl (C=O) groups excluding carboxylic acids is 1. The zero-order chi connectivity index (χ0) is 19.5. The Balaban J connectivity index is 1.41. The molecule has 1 amide bonds. The number of fused-ring (bicyclic) bond motifs is 1. The highest BCUT2D eigenvalue weighted by molar-refractivity contribution is 8.00. The summed E-state index contributed by atoms with van der Waals surface area (Å²) in [6, 6.07) is 21.6. The van der Waals surface area contributed by atoms with Gasteiger partial charge in [0.1, 0.15) is 5.01 Å². The van der Waals surface area contributed by atoms with Crippen LogP contribution in [0.1, 0.15) is 5.56 Å². The molecule has 0 spiro atoms. The van der Waals surface area contributed by atoms with Crippen molar-refractivity contribution in [3.8, 4) is 10.6 Å². The van der Waals surface area contributed by atoms with E-state index in [-0.39, 0.29) is 5.91 Å². The van der Waals surface area contributed by atoms with E-state index in [0.717, 1.165) is 26.7 Å². The lowest BCUT2D eigenvalue weighted by molar-refractivity contribution is -0.113. The number of nitrogens with one attached hydrogen (secondary N) is 1. The van der Waals surface area contributed by atoms with Gasteiger partial charge in [0.25, 0.3) is 0 Å². The third-order valence-corrected chi connectivity index (χ3v) is 6.74. The molecular weight excluding hydrogens is 408 g/mol. The van der Waals surface area contributed by atoms with Crippen LogP contribution in [0.3, 0.4) is 0 Å². The number of nitrogens with zero attached hydrogens (tertiary/aromatic N) is 1. The fourth-order valence-electron chi connectivity index (χ4n) is 2.75. The Labute approximate surface area is 176 Å². The van der Waals surface area contributed by atoms with Crippen LogP contribution in [0.2, 0.25) is 5.02 Å². The van der Waals surface area contributed by atoms with E-state index in [0.29, 0.717) is 10.8 Å². The normalized spacial score (nSPS) is 10.9. The minimum absolute atomic E-state index is 0.0619. The number of thiazole rings is 1. The molecule has 0 fully saturated rings. The van der Waals surface area contributed by atoms with E-state index in [4.69, 9.17) is 16.6 Å². The first kappa shape index (κ1) is 19.0. The zero-order valence-corrected chi connectivity index (χ0v) is 17.5. The van der Waals surface area contributed by atoms with Crippen molar-refractivity contribution < 1.29 is 4.79 Å².